The molecule has 2 amide bonds. The summed E-state index contributed by atoms with van der Waals surface area (Å²) in [5, 5.41) is 24.9. The zero-order valence-electron chi connectivity index (χ0n) is 15.5. The summed E-state index contributed by atoms with van der Waals surface area (Å²) in [7, 11) is 0. The number of non-ortho nitro benzene ring substituents is 1. The maximum absolute atomic E-state index is 12.6. The average molecular weight is 397 g/mol. The smallest absolute Gasteiger partial charge is 0.326 e. The van der Waals surface area contributed by atoms with Crippen LogP contribution >= 0.6 is 0 Å². The second-order valence-electron chi connectivity index (χ2n) is 6.00. The number of carboxylic acid groups (broad SMARTS) is 1. The summed E-state index contributed by atoms with van der Waals surface area (Å²) in [6.07, 6.45) is 1.38. The molecule has 2 aromatic rings. The van der Waals surface area contributed by atoms with Crippen LogP contribution in [0.2, 0.25) is 0 Å². The van der Waals surface area contributed by atoms with Crippen LogP contribution < -0.4 is 10.6 Å². The standard InChI is InChI=1S/C20H19N3O6/c1-2-16(20(26)27)21-19(25)17(22-18(24)14-8-4-3-5-9-14)12-13-7-6-10-15(11-13)23(28)29/h3-12,16H,2H2,1H3,(H,21,25)(H,22,24)(H,26,27)/b17-12-/t16-/m0/s1. The van der Waals surface area contributed by atoms with Crippen LogP contribution in [0.25, 0.3) is 6.08 Å². The van der Waals surface area contributed by atoms with Gasteiger partial charge in [0.2, 0.25) is 0 Å². The number of aliphatic carboxylic acids is 1. The Bertz CT molecular complexity index is 956. The van der Waals surface area contributed by atoms with Crippen LogP contribution in [-0.2, 0) is 9.59 Å². The number of carbonyl (C=O) groups is 3. The van der Waals surface area contributed by atoms with Gasteiger partial charge in [-0.1, -0.05) is 37.3 Å². The molecular formula is C20H19N3O6. The van der Waals surface area contributed by atoms with Crippen LogP contribution in [0.3, 0.4) is 0 Å². The summed E-state index contributed by atoms with van der Waals surface area (Å²) in [5.74, 6) is -2.62. The van der Waals surface area contributed by atoms with E-state index in [2.05, 4.69) is 10.6 Å². The van der Waals surface area contributed by atoms with Crippen molar-refractivity contribution >= 4 is 29.5 Å². The van der Waals surface area contributed by atoms with Crippen molar-refractivity contribution in [3.63, 3.8) is 0 Å². The molecule has 0 aliphatic heterocycles. The third-order valence-corrected chi connectivity index (χ3v) is 3.93. The van der Waals surface area contributed by atoms with Gasteiger partial charge in [-0.2, -0.15) is 0 Å². The number of carbonyl (C=O) groups excluding carboxylic acids is 2. The van der Waals surface area contributed by atoms with Gasteiger partial charge in [0.15, 0.2) is 0 Å². The molecule has 9 heteroatoms. The van der Waals surface area contributed by atoms with E-state index >= 15 is 0 Å². The molecule has 2 rings (SSSR count). The summed E-state index contributed by atoms with van der Waals surface area (Å²) in [5.41, 5.74) is 0.153. The minimum absolute atomic E-state index is 0.137. The lowest BCUT2D eigenvalue weighted by Crippen LogP contribution is -2.44. The van der Waals surface area contributed by atoms with Crippen LogP contribution in [0, 0.1) is 10.1 Å². The summed E-state index contributed by atoms with van der Waals surface area (Å²) in [6, 6.07) is 12.4. The van der Waals surface area contributed by atoms with Crippen LogP contribution in [0.5, 0.6) is 0 Å². The number of nitrogens with one attached hydrogen (secondary N) is 2. The van der Waals surface area contributed by atoms with Gasteiger partial charge in [-0.15, -0.1) is 0 Å². The normalized spacial score (nSPS) is 12.0. The molecule has 1 atom stereocenters. The van der Waals surface area contributed by atoms with Crippen LogP contribution in [0.1, 0.15) is 29.3 Å². The first-order valence-corrected chi connectivity index (χ1v) is 8.68. The first-order valence-electron chi connectivity index (χ1n) is 8.68. The molecule has 3 N–H and O–H groups in total. The third-order valence-electron chi connectivity index (χ3n) is 3.93. The Morgan fingerprint density at radius 3 is 2.41 bits per heavy atom. The molecular weight excluding hydrogens is 378 g/mol. The SMILES string of the molecule is CC[C@H](NC(=O)/C(=C/c1cccc([N+](=O)[O-])c1)NC(=O)c1ccccc1)C(=O)O. The van der Waals surface area contributed by atoms with E-state index < -0.39 is 28.7 Å². The quantitative estimate of drug-likeness (QED) is 0.355. The summed E-state index contributed by atoms with van der Waals surface area (Å²) in [6.45, 7) is 1.59. The molecule has 0 radical (unpaired) electrons. The fraction of sp³-hybridized carbons (Fsp3) is 0.150. The Morgan fingerprint density at radius 1 is 1.14 bits per heavy atom. The molecule has 0 spiro atoms. The molecule has 9 nitrogen and oxygen atoms in total. The Balaban J connectivity index is 2.37. The van der Waals surface area contributed by atoms with Gasteiger partial charge in [0.25, 0.3) is 17.5 Å². The molecule has 0 aliphatic carbocycles. The minimum Gasteiger partial charge on any atom is -0.480 e. The number of hydrogen-bond acceptors (Lipinski definition) is 5. The monoisotopic (exact) mass is 397 g/mol. The summed E-state index contributed by atoms with van der Waals surface area (Å²) in [4.78, 5) is 46.7. The van der Waals surface area contributed by atoms with Crippen LogP contribution in [0.15, 0.2) is 60.3 Å². The highest BCUT2D eigenvalue weighted by molar-refractivity contribution is 6.06. The number of carboxylic acids is 1. The average Bonchev–Trinajstić information content (AvgIpc) is 2.71. The fourth-order valence-corrected chi connectivity index (χ4v) is 2.41. The zero-order valence-corrected chi connectivity index (χ0v) is 15.5. The third kappa shape index (κ3) is 5.99. The number of nitrogens with zero attached hydrogens (tertiary/aromatic N) is 1. The maximum atomic E-state index is 12.6. The molecule has 0 aliphatic rings. The van der Waals surface area contributed by atoms with Gasteiger partial charge in [-0.25, -0.2) is 4.79 Å². The van der Waals surface area contributed by atoms with Gasteiger partial charge < -0.3 is 15.7 Å². The van der Waals surface area contributed by atoms with Gasteiger partial charge in [-0.05, 0) is 30.2 Å². The lowest BCUT2D eigenvalue weighted by atomic mass is 10.1. The van der Waals surface area contributed by atoms with Gasteiger partial charge in [0.1, 0.15) is 11.7 Å². The number of amides is 2. The second-order valence-corrected chi connectivity index (χ2v) is 6.00. The van der Waals surface area contributed by atoms with Crippen molar-refractivity contribution in [3.05, 3.63) is 81.5 Å². The molecule has 2 aromatic carbocycles. The lowest BCUT2D eigenvalue weighted by Gasteiger charge is -2.15. The Kier molecular flexibility index (Phi) is 7.19. The predicted molar refractivity (Wildman–Crippen MR) is 105 cm³/mol. The van der Waals surface area contributed by atoms with Crippen LogP contribution in [0.4, 0.5) is 5.69 Å². The number of hydrogen-bond donors (Lipinski definition) is 3. The number of nitro benzene ring substituents is 1. The van der Waals surface area contributed by atoms with Crippen molar-refractivity contribution in [3.8, 4) is 0 Å². The Hall–Kier alpha value is -4.01. The molecule has 0 saturated heterocycles. The number of nitro groups is 1. The minimum atomic E-state index is -1.22. The van der Waals surface area contributed by atoms with E-state index in [4.69, 9.17) is 5.11 Å². The van der Waals surface area contributed by atoms with Crippen molar-refractivity contribution in [1.82, 2.24) is 10.6 Å². The van der Waals surface area contributed by atoms with Crippen molar-refractivity contribution in [2.24, 2.45) is 0 Å². The van der Waals surface area contributed by atoms with Crippen molar-refractivity contribution in [2.75, 3.05) is 0 Å². The summed E-state index contributed by atoms with van der Waals surface area (Å²) < 4.78 is 0. The number of benzene rings is 2. The first kappa shape index (κ1) is 21.3. The largest absolute Gasteiger partial charge is 0.480 e. The maximum Gasteiger partial charge on any atom is 0.326 e. The van der Waals surface area contributed by atoms with E-state index in [1.807, 2.05) is 0 Å². The topological polar surface area (TPSA) is 139 Å². The predicted octanol–water partition coefficient (Wildman–Crippen LogP) is 2.35. The Labute approximate surface area is 166 Å². The molecule has 0 unspecified atom stereocenters. The van der Waals surface area contributed by atoms with Crippen molar-refractivity contribution < 1.29 is 24.4 Å². The molecule has 150 valence electrons. The molecule has 0 heterocycles. The highest BCUT2D eigenvalue weighted by Gasteiger charge is 2.22. The van der Waals surface area contributed by atoms with Gasteiger partial charge in [0.05, 0.1) is 4.92 Å². The van der Waals surface area contributed by atoms with E-state index in [0.717, 1.165) is 0 Å². The van der Waals surface area contributed by atoms with Gasteiger partial charge >= 0.3 is 5.97 Å². The molecule has 0 fully saturated rings. The van der Waals surface area contributed by atoms with Crippen molar-refractivity contribution in [2.45, 2.75) is 19.4 Å². The van der Waals surface area contributed by atoms with Gasteiger partial charge in [-0.3, -0.25) is 19.7 Å². The highest BCUT2D eigenvalue weighted by atomic mass is 16.6. The second kappa shape index (κ2) is 9.79. The summed E-state index contributed by atoms with van der Waals surface area (Å²) >= 11 is 0. The van der Waals surface area contributed by atoms with E-state index in [1.165, 1.54) is 30.3 Å². The van der Waals surface area contributed by atoms with Gasteiger partial charge in [0, 0.05) is 17.7 Å². The van der Waals surface area contributed by atoms with E-state index in [0.29, 0.717) is 5.56 Å². The van der Waals surface area contributed by atoms with E-state index in [1.54, 1.807) is 37.3 Å². The fourth-order valence-electron chi connectivity index (χ4n) is 2.41. The number of rotatable bonds is 8. The lowest BCUT2D eigenvalue weighted by molar-refractivity contribution is -0.384. The molecule has 29 heavy (non-hydrogen) atoms. The molecule has 0 bridgehead atoms. The van der Waals surface area contributed by atoms with E-state index in [-0.39, 0.29) is 23.4 Å². The molecule has 0 saturated carbocycles. The van der Waals surface area contributed by atoms with E-state index in [9.17, 15) is 24.5 Å². The highest BCUT2D eigenvalue weighted by Crippen LogP contribution is 2.16. The Morgan fingerprint density at radius 2 is 1.83 bits per heavy atom. The van der Waals surface area contributed by atoms with Crippen molar-refractivity contribution in [1.29, 1.82) is 0 Å². The first-order chi connectivity index (χ1) is 13.8. The van der Waals surface area contributed by atoms with Crippen LogP contribution in [-0.4, -0.2) is 33.9 Å². The molecule has 0 aromatic heterocycles. The zero-order chi connectivity index (χ0) is 21.4.